The van der Waals surface area contributed by atoms with Gasteiger partial charge < -0.3 is 11.1 Å². The summed E-state index contributed by atoms with van der Waals surface area (Å²) in [6.45, 7) is 1.52. The van der Waals surface area contributed by atoms with Crippen LogP contribution in [0.5, 0.6) is 0 Å². The average Bonchev–Trinajstić information content (AvgIpc) is 2.81. The third-order valence-corrected chi connectivity index (χ3v) is 4.44. The molecule has 0 aliphatic carbocycles. The van der Waals surface area contributed by atoms with Gasteiger partial charge in [0.2, 0.25) is 10.0 Å². The zero-order valence-corrected chi connectivity index (χ0v) is 13.5. The minimum atomic E-state index is -3.25. The van der Waals surface area contributed by atoms with E-state index in [1.165, 1.54) is 10.6 Å². The van der Waals surface area contributed by atoms with Gasteiger partial charge in [-0.05, 0) is 43.1 Å². The number of rotatable bonds is 5. The van der Waals surface area contributed by atoms with Gasteiger partial charge >= 0.3 is 0 Å². The van der Waals surface area contributed by atoms with Gasteiger partial charge in [0.05, 0.1) is 11.9 Å². The first-order valence-corrected chi connectivity index (χ1v) is 8.37. The standard InChI is InChI=1S/C13H19N3O3S.ClH/c1-20(18,19)16-8-5-10-9-11(3-4-12(10)16)13(17)15-7-2-6-14;/h3-4,9H,2,5-8,14H2,1H3,(H,15,17);1H. The van der Waals surface area contributed by atoms with E-state index in [9.17, 15) is 13.2 Å². The summed E-state index contributed by atoms with van der Waals surface area (Å²) in [6, 6.07) is 5.11. The normalized spacial score (nSPS) is 13.5. The third-order valence-electron chi connectivity index (χ3n) is 3.26. The first-order chi connectivity index (χ1) is 9.43. The van der Waals surface area contributed by atoms with Crippen LogP contribution in [0.3, 0.4) is 0 Å². The largest absolute Gasteiger partial charge is 0.352 e. The summed E-state index contributed by atoms with van der Waals surface area (Å²) in [6.07, 6.45) is 2.56. The Morgan fingerprint density at radius 1 is 1.43 bits per heavy atom. The van der Waals surface area contributed by atoms with Gasteiger partial charge in [-0.1, -0.05) is 0 Å². The number of carbonyl (C=O) groups excluding carboxylic acids is 1. The predicted molar refractivity (Wildman–Crippen MR) is 85.6 cm³/mol. The van der Waals surface area contributed by atoms with Crippen molar-refractivity contribution >= 4 is 34.0 Å². The molecule has 0 aromatic heterocycles. The molecule has 2 rings (SSSR count). The zero-order valence-electron chi connectivity index (χ0n) is 11.8. The number of sulfonamides is 1. The molecule has 118 valence electrons. The lowest BCUT2D eigenvalue weighted by molar-refractivity contribution is 0.0953. The number of halogens is 1. The fraction of sp³-hybridized carbons (Fsp3) is 0.462. The van der Waals surface area contributed by atoms with Crippen molar-refractivity contribution in [3.63, 3.8) is 0 Å². The summed E-state index contributed by atoms with van der Waals surface area (Å²) < 4.78 is 24.6. The van der Waals surface area contributed by atoms with Gasteiger partial charge in [0, 0.05) is 18.7 Å². The highest BCUT2D eigenvalue weighted by molar-refractivity contribution is 7.92. The second kappa shape index (κ2) is 7.11. The molecule has 0 spiro atoms. The number of fused-ring (bicyclic) bond motifs is 1. The maximum absolute atomic E-state index is 11.9. The van der Waals surface area contributed by atoms with Crippen molar-refractivity contribution < 1.29 is 13.2 Å². The minimum absolute atomic E-state index is 0. The van der Waals surface area contributed by atoms with E-state index < -0.39 is 10.0 Å². The molecule has 1 aliphatic heterocycles. The predicted octanol–water partition coefficient (Wildman–Crippen LogP) is 0.509. The summed E-state index contributed by atoms with van der Waals surface area (Å²) in [4.78, 5) is 11.9. The first kappa shape index (κ1) is 17.7. The van der Waals surface area contributed by atoms with E-state index in [0.717, 1.165) is 12.0 Å². The van der Waals surface area contributed by atoms with Crippen LogP contribution in [0.25, 0.3) is 0 Å². The van der Waals surface area contributed by atoms with E-state index in [-0.39, 0.29) is 18.3 Å². The van der Waals surface area contributed by atoms with Crippen LogP contribution < -0.4 is 15.4 Å². The summed E-state index contributed by atoms with van der Waals surface area (Å²) in [5.74, 6) is -0.154. The molecular weight excluding hydrogens is 314 g/mol. The maximum Gasteiger partial charge on any atom is 0.251 e. The molecule has 21 heavy (non-hydrogen) atoms. The summed E-state index contributed by atoms with van der Waals surface area (Å²) in [5.41, 5.74) is 7.48. The van der Waals surface area contributed by atoms with E-state index >= 15 is 0 Å². The Morgan fingerprint density at radius 2 is 2.14 bits per heavy atom. The lowest BCUT2D eigenvalue weighted by atomic mass is 10.1. The SMILES string of the molecule is CS(=O)(=O)N1CCc2cc(C(=O)NCCCN)ccc21.Cl. The first-order valence-electron chi connectivity index (χ1n) is 6.52. The van der Waals surface area contributed by atoms with Gasteiger partial charge in [0.25, 0.3) is 5.91 Å². The molecule has 0 atom stereocenters. The molecule has 0 saturated heterocycles. The number of anilines is 1. The van der Waals surface area contributed by atoms with Crippen molar-refractivity contribution in [1.82, 2.24) is 5.32 Å². The minimum Gasteiger partial charge on any atom is -0.352 e. The van der Waals surface area contributed by atoms with Crippen LogP contribution in [0.1, 0.15) is 22.3 Å². The number of hydrogen-bond acceptors (Lipinski definition) is 4. The summed E-state index contributed by atoms with van der Waals surface area (Å²) >= 11 is 0. The van der Waals surface area contributed by atoms with Crippen molar-refractivity contribution in [2.24, 2.45) is 5.73 Å². The molecule has 1 aromatic rings. The molecule has 8 heteroatoms. The Balaban J connectivity index is 0.00000220. The summed E-state index contributed by atoms with van der Waals surface area (Å²) in [7, 11) is -3.25. The van der Waals surface area contributed by atoms with Crippen molar-refractivity contribution in [2.45, 2.75) is 12.8 Å². The molecular formula is C13H20ClN3O3S. The van der Waals surface area contributed by atoms with Crippen molar-refractivity contribution in [3.05, 3.63) is 29.3 Å². The molecule has 3 N–H and O–H groups in total. The van der Waals surface area contributed by atoms with Crippen LogP contribution in [0.2, 0.25) is 0 Å². The quantitative estimate of drug-likeness (QED) is 0.768. The van der Waals surface area contributed by atoms with Gasteiger partial charge in [0.15, 0.2) is 0 Å². The van der Waals surface area contributed by atoms with Crippen molar-refractivity contribution in [3.8, 4) is 0 Å². The molecule has 1 heterocycles. The fourth-order valence-corrected chi connectivity index (χ4v) is 3.22. The van der Waals surface area contributed by atoms with Gasteiger partial charge in [-0.25, -0.2) is 8.42 Å². The number of nitrogens with one attached hydrogen (secondary N) is 1. The second-order valence-electron chi connectivity index (χ2n) is 4.83. The van der Waals surface area contributed by atoms with E-state index in [1.807, 2.05) is 0 Å². The smallest absolute Gasteiger partial charge is 0.251 e. The van der Waals surface area contributed by atoms with Crippen LogP contribution in [-0.2, 0) is 16.4 Å². The van der Waals surface area contributed by atoms with Crippen LogP contribution in [0.15, 0.2) is 18.2 Å². The lowest BCUT2D eigenvalue weighted by Crippen LogP contribution is -2.27. The van der Waals surface area contributed by atoms with Crippen molar-refractivity contribution in [2.75, 3.05) is 30.2 Å². The highest BCUT2D eigenvalue weighted by atomic mass is 35.5. The topological polar surface area (TPSA) is 92.5 Å². The van der Waals surface area contributed by atoms with Crippen molar-refractivity contribution in [1.29, 1.82) is 0 Å². The lowest BCUT2D eigenvalue weighted by Gasteiger charge is -2.16. The number of nitrogens with two attached hydrogens (primary N) is 1. The number of nitrogens with zero attached hydrogens (tertiary/aromatic N) is 1. The molecule has 1 amide bonds. The molecule has 0 saturated carbocycles. The third kappa shape index (κ3) is 4.09. The van der Waals surface area contributed by atoms with Crippen LogP contribution in [0, 0.1) is 0 Å². The molecule has 1 aliphatic rings. The fourth-order valence-electron chi connectivity index (χ4n) is 2.26. The van der Waals surface area contributed by atoms with E-state index in [2.05, 4.69) is 5.32 Å². The van der Waals surface area contributed by atoms with Gasteiger partial charge in [-0.2, -0.15) is 0 Å². The Morgan fingerprint density at radius 3 is 2.76 bits per heavy atom. The molecule has 0 bridgehead atoms. The van der Waals surface area contributed by atoms with Crippen LogP contribution in [-0.4, -0.2) is 40.2 Å². The Kier molecular flexibility index (Phi) is 6.00. The Labute approximate surface area is 131 Å². The van der Waals surface area contributed by atoms with E-state index in [1.54, 1.807) is 18.2 Å². The van der Waals surface area contributed by atoms with Crippen LogP contribution >= 0.6 is 12.4 Å². The zero-order chi connectivity index (χ0) is 14.8. The van der Waals surface area contributed by atoms with E-state index in [0.29, 0.717) is 37.3 Å². The molecule has 0 fully saturated rings. The molecule has 6 nitrogen and oxygen atoms in total. The van der Waals surface area contributed by atoms with Gasteiger partial charge in [0.1, 0.15) is 0 Å². The van der Waals surface area contributed by atoms with Crippen LogP contribution in [0.4, 0.5) is 5.69 Å². The highest BCUT2D eigenvalue weighted by Gasteiger charge is 2.26. The average molecular weight is 334 g/mol. The highest BCUT2D eigenvalue weighted by Crippen LogP contribution is 2.30. The monoisotopic (exact) mass is 333 g/mol. The maximum atomic E-state index is 11.9. The molecule has 0 unspecified atom stereocenters. The number of benzene rings is 1. The molecule has 1 aromatic carbocycles. The Bertz CT molecular complexity index is 619. The second-order valence-corrected chi connectivity index (χ2v) is 6.73. The van der Waals surface area contributed by atoms with Gasteiger partial charge in [-0.3, -0.25) is 9.10 Å². The number of amides is 1. The molecule has 0 radical (unpaired) electrons. The summed E-state index contributed by atoms with van der Waals surface area (Å²) in [5, 5.41) is 2.78. The number of carbonyl (C=O) groups is 1. The number of hydrogen-bond donors (Lipinski definition) is 2. The Hall–Kier alpha value is -1.31. The van der Waals surface area contributed by atoms with Gasteiger partial charge in [-0.15, -0.1) is 12.4 Å². The van der Waals surface area contributed by atoms with E-state index in [4.69, 9.17) is 5.73 Å².